The quantitative estimate of drug-likeness (QED) is 0.588. The van der Waals surface area contributed by atoms with Crippen LogP contribution < -0.4 is 0 Å². The summed E-state index contributed by atoms with van der Waals surface area (Å²) < 4.78 is 20.9. The van der Waals surface area contributed by atoms with E-state index in [1.54, 1.807) is 6.92 Å². The maximum atomic E-state index is 11.9. The summed E-state index contributed by atoms with van der Waals surface area (Å²) in [5.74, 6) is 0. The number of alkyl halides is 2. The summed E-state index contributed by atoms with van der Waals surface area (Å²) in [5, 5.41) is 0. The Morgan fingerprint density at radius 3 is 1.83 bits per heavy atom. The molecule has 2 atom stereocenters. The molecule has 0 N–H and O–H groups in total. The highest BCUT2D eigenvalue weighted by atomic mass is 79.9. The van der Waals surface area contributed by atoms with Crippen molar-refractivity contribution in [1.82, 2.24) is 0 Å². The molecule has 0 radical (unpaired) electrons. The van der Waals surface area contributed by atoms with E-state index in [4.69, 9.17) is 9.05 Å². The van der Waals surface area contributed by atoms with E-state index in [1.165, 1.54) is 14.2 Å². The molecule has 0 fully saturated rings. The van der Waals surface area contributed by atoms with Gasteiger partial charge in [-0.1, -0.05) is 38.8 Å². The molecule has 0 saturated carbocycles. The topological polar surface area (TPSA) is 35.5 Å². The van der Waals surface area contributed by atoms with Crippen LogP contribution in [0.3, 0.4) is 0 Å². The van der Waals surface area contributed by atoms with E-state index in [9.17, 15) is 4.57 Å². The number of hydrogen-bond acceptors (Lipinski definition) is 3. The van der Waals surface area contributed by atoms with Crippen molar-refractivity contribution >= 4 is 39.5 Å². The fourth-order valence-electron chi connectivity index (χ4n) is 0.649. The van der Waals surface area contributed by atoms with Gasteiger partial charge in [0.25, 0.3) is 0 Å². The predicted molar refractivity (Wildman–Crippen MR) is 57.3 cm³/mol. The molecular formula is C6H13Br2O3P. The van der Waals surface area contributed by atoms with Gasteiger partial charge >= 0.3 is 7.60 Å². The van der Waals surface area contributed by atoms with Crippen molar-refractivity contribution in [3.8, 4) is 0 Å². The fraction of sp³-hybridized carbons (Fsp3) is 1.00. The smallest absolute Gasteiger partial charge is 0.311 e. The lowest BCUT2D eigenvalue weighted by Crippen LogP contribution is -2.27. The van der Waals surface area contributed by atoms with Gasteiger partial charge in [-0.05, 0) is 6.92 Å². The van der Waals surface area contributed by atoms with Gasteiger partial charge in [-0.2, -0.15) is 0 Å². The highest BCUT2D eigenvalue weighted by Gasteiger charge is 2.47. The zero-order valence-electron chi connectivity index (χ0n) is 7.51. The maximum Gasteiger partial charge on any atom is 0.347 e. The number of rotatable bonds is 4. The van der Waals surface area contributed by atoms with E-state index in [0.29, 0.717) is 0 Å². The van der Waals surface area contributed by atoms with Crippen LogP contribution in [0.5, 0.6) is 0 Å². The molecule has 3 nitrogen and oxygen atoms in total. The van der Waals surface area contributed by atoms with E-state index < -0.39 is 11.7 Å². The van der Waals surface area contributed by atoms with E-state index in [2.05, 4.69) is 31.9 Å². The van der Waals surface area contributed by atoms with Gasteiger partial charge in [0.2, 0.25) is 0 Å². The highest BCUT2D eigenvalue weighted by molar-refractivity contribution is 9.13. The molecule has 0 spiro atoms. The van der Waals surface area contributed by atoms with Crippen LogP contribution in [0.2, 0.25) is 0 Å². The minimum Gasteiger partial charge on any atom is -0.311 e. The molecular weight excluding hydrogens is 311 g/mol. The first-order valence-corrected chi connectivity index (χ1v) is 6.61. The van der Waals surface area contributed by atoms with Gasteiger partial charge in [0.15, 0.2) is 0 Å². The van der Waals surface area contributed by atoms with E-state index in [-0.39, 0.29) is 4.83 Å². The molecule has 0 amide bonds. The molecule has 0 heterocycles. The molecule has 0 saturated heterocycles. The highest BCUT2D eigenvalue weighted by Crippen LogP contribution is 2.64. The van der Waals surface area contributed by atoms with E-state index >= 15 is 0 Å². The van der Waals surface area contributed by atoms with Crippen LogP contribution in [0.15, 0.2) is 0 Å². The summed E-state index contributed by atoms with van der Waals surface area (Å²) in [7, 11) is -0.322. The molecule has 6 heteroatoms. The standard InChI is InChI=1S/C6H13Br2O3P/c1-5(7)6(2,8)12(9,10-3)11-4/h5H,1-4H3/t5-,6-/m1/s1. The SMILES string of the molecule is COP(=O)(OC)[C@@](C)(Br)[C@@H](C)Br. The summed E-state index contributed by atoms with van der Waals surface area (Å²) in [5.41, 5.74) is 0. The molecule has 0 aromatic carbocycles. The zero-order valence-corrected chi connectivity index (χ0v) is 11.6. The lowest BCUT2D eigenvalue weighted by Gasteiger charge is -2.31. The van der Waals surface area contributed by atoms with Crippen LogP contribution in [0, 0.1) is 0 Å². The predicted octanol–water partition coefficient (Wildman–Crippen LogP) is 3.37. The first kappa shape index (κ1) is 13.1. The third kappa shape index (κ3) is 2.32. The molecule has 0 aliphatic heterocycles. The Hall–Kier alpha value is 1.11. The average Bonchev–Trinajstić information content (AvgIpc) is 2.02. The Bertz CT molecular complexity index is 185. The summed E-state index contributed by atoms with van der Waals surface area (Å²) in [6.45, 7) is 3.64. The summed E-state index contributed by atoms with van der Waals surface area (Å²) in [4.78, 5) is -0.0178. The normalized spacial score (nSPS) is 20.2. The van der Waals surface area contributed by atoms with Crippen LogP contribution in [-0.2, 0) is 13.6 Å². The zero-order chi connectivity index (χ0) is 9.99. The Balaban J connectivity index is 4.84. The van der Waals surface area contributed by atoms with Crippen LogP contribution in [-0.4, -0.2) is 23.1 Å². The van der Waals surface area contributed by atoms with Crippen molar-refractivity contribution in [1.29, 1.82) is 0 Å². The summed E-state index contributed by atoms with van der Waals surface area (Å²) >= 11 is 6.66. The maximum absolute atomic E-state index is 11.9. The van der Waals surface area contributed by atoms with Crippen molar-refractivity contribution in [2.45, 2.75) is 22.7 Å². The van der Waals surface area contributed by atoms with Crippen LogP contribution in [0.1, 0.15) is 13.8 Å². The second kappa shape index (κ2) is 4.56. The van der Waals surface area contributed by atoms with Gasteiger partial charge in [0.1, 0.15) is 4.07 Å². The van der Waals surface area contributed by atoms with Crippen LogP contribution in [0.25, 0.3) is 0 Å². The van der Waals surface area contributed by atoms with Crippen molar-refractivity contribution in [3.05, 3.63) is 0 Å². The minimum atomic E-state index is -3.07. The van der Waals surface area contributed by atoms with Crippen LogP contribution in [0.4, 0.5) is 0 Å². The van der Waals surface area contributed by atoms with Crippen LogP contribution >= 0.6 is 39.5 Å². The first-order chi connectivity index (χ1) is 5.31. The van der Waals surface area contributed by atoms with E-state index in [0.717, 1.165) is 0 Å². The molecule has 0 unspecified atom stereocenters. The molecule has 12 heavy (non-hydrogen) atoms. The van der Waals surface area contributed by atoms with Crippen molar-refractivity contribution < 1.29 is 13.6 Å². The Kier molecular flexibility index (Phi) is 4.98. The minimum absolute atomic E-state index is 0.0178. The molecule has 74 valence electrons. The lowest BCUT2D eigenvalue weighted by molar-refractivity contribution is 0.264. The second-order valence-electron chi connectivity index (χ2n) is 2.50. The van der Waals surface area contributed by atoms with Gasteiger partial charge < -0.3 is 9.05 Å². The third-order valence-corrected chi connectivity index (χ3v) is 8.04. The van der Waals surface area contributed by atoms with Crippen molar-refractivity contribution in [3.63, 3.8) is 0 Å². The molecule has 0 bridgehead atoms. The van der Waals surface area contributed by atoms with Crippen molar-refractivity contribution in [2.24, 2.45) is 0 Å². The Morgan fingerprint density at radius 1 is 1.42 bits per heavy atom. The molecule has 0 aliphatic carbocycles. The second-order valence-corrected chi connectivity index (χ2v) is 8.79. The Labute approximate surface area is 90.0 Å². The Morgan fingerprint density at radius 2 is 1.75 bits per heavy atom. The van der Waals surface area contributed by atoms with Gasteiger partial charge in [0, 0.05) is 19.0 Å². The van der Waals surface area contributed by atoms with E-state index in [1.807, 2.05) is 6.92 Å². The average molecular weight is 324 g/mol. The van der Waals surface area contributed by atoms with Gasteiger partial charge in [0.05, 0.1) is 0 Å². The monoisotopic (exact) mass is 322 g/mol. The number of hydrogen-bond donors (Lipinski definition) is 0. The van der Waals surface area contributed by atoms with Gasteiger partial charge in [-0.3, -0.25) is 4.57 Å². The van der Waals surface area contributed by atoms with Gasteiger partial charge in [-0.15, -0.1) is 0 Å². The molecule has 0 aromatic rings. The molecule has 0 rings (SSSR count). The summed E-state index contributed by atoms with van der Waals surface area (Å²) in [6.07, 6.45) is 0. The fourth-order valence-corrected chi connectivity index (χ4v) is 3.57. The lowest BCUT2D eigenvalue weighted by atomic mass is 10.4. The third-order valence-electron chi connectivity index (χ3n) is 1.74. The first-order valence-electron chi connectivity index (χ1n) is 3.36. The van der Waals surface area contributed by atoms with Gasteiger partial charge in [-0.25, -0.2) is 0 Å². The van der Waals surface area contributed by atoms with Crippen molar-refractivity contribution in [2.75, 3.05) is 14.2 Å². The molecule has 0 aromatic heterocycles. The summed E-state index contributed by atoms with van der Waals surface area (Å²) in [6, 6.07) is 0. The number of halogens is 2. The molecule has 0 aliphatic rings. The largest absolute Gasteiger partial charge is 0.347 e.